The van der Waals surface area contributed by atoms with Gasteiger partial charge in [0.1, 0.15) is 23.1 Å². The Morgan fingerprint density at radius 3 is 2.74 bits per heavy atom. The second kappa shape index (κ2) is 9.22. The molecule has 31 heavy (non-hydrogen) atoms. The van der Waals surface area contributed by atoms with E-state index in [1.807, 2.05) is 6.07 Å². The molecule has 7 nitrogen and oxygen atoms in total. The van der Waals surface area contributed by atoms with E-state index in [9.17, 15) is 18.7 Å². The fourth-order valence-corrected chi connectivity index (χ4v) is 3.43. The molecule has 164 valence electrons. The molecule has 2 heterocycles. The highest BCUT2D eigenvalue weighted by atomic mass is 19.1. The van der Waals surface area contributed by atoms with Crippen LogP contribution in [0.25, 0.3) is 11.3 Å². The molecule has 4 N–H and O–H groups in total. The number of pyridine rings is 1. The number of aliphatic hydroxyl groups is 1. The number of benzene rings is 1. The first-order valence-corrected chi connectivity index (χ1v) is 9.80. The molecule has 0 bridgehead atoms. The van der Waals surface area contributed by atoms with Gasteiger partial charge in [-0.2, -0.15) is 5.10 Å². The summed E-state index contributed by atoms with van der Waals surface area (Å²) in [6.45, 7) is 1.86. The second-order valence-corrected chi connectivity index (χ2v) is 7.85. The summed E-state index contributed by atoms with van der Waals surface area (Å²) in [6, 6.07) is 7.54. The first-order chi connectivity index (χ1) is 14.6. The van der Waals surface area contributed by atoms with E-state index in [1.165, 1.54) is 31.3 Å². The van der Waals surface area contributed by atoms with E-state index in [2.05, 4.69) is 15.4 Å². The first-order valence-electron chi connectivity index (χ1n) is 9.80. The van der Waals surface area contributed by atoms with Gasteiger partial charge in [0.2, 0.25) is 5.91 Å². The Bertz CT molecular complexity index is 1080. The Kier molecular flexibility index (Phi) is 6.65. The van der Waals surface area contributed by atoms with Crippen LogP contribution in [-0.2, 0) is 24.7 Å². The van der Waals surface area contributed by atoms with Gasteiger partial charge in [0, 0.05) is 37.3 Å². The van der Waals surface area contributed by atoms with Gasteiger partial charge in [-0.05, 0) is 37.1 Å². The number of primary amides is 1. The van der Waals surface area contributed by atoms with E-state index in [-0.39, 0.29) is 24.4 Å². The molecule has 0 aliphatic heterocycles. The summed E-state index contributed by atoms with van der Waals surface area (Å²) in [5, 5.41) is 17.7. The van der Waals surface area contributed by atoms with Crippen LogP contribution in [0.1, 0.15) is 24.5 Å². The Hall–Kier alpha value is -3.33. The Balaban J connectivity index is 1.89. The van der Waals surface area contributed by atoms with Gasteiger partial charge < -0.3 is 16.2 Å². The maximum absolute atomic E-state index is 14.9. The van der Waals surface area contributed by atoms with Gasteiger partial charge in [-0.15, -0.1) is 0 Å². The van der Waals surface area contributed by atoms with E-state index < -0.39 is 17.3 Å². The van der Waals surface area contributed by atoms with Gasteiger partial charge in [0.05, 0.1) is 18.2 Å². The summed E-state index contributed by atoms with van der Waals surface area (Å²) in [7, 11) is 1.72. The van der Waals surface area contributed by atoms with Crippen LogP contribution in [0.4, 0.5) is 14.6 Å². The van der Waals surface area contributed by atoms with Crippen LogP contribution in [-0.4, -0.2) is 37.9 Å². The van der Waals surface area contributed by atoms with Crippen LogP contribution < -0.4 is 11.1 Å². The zero-order valence-electron chi connectivity index (χ0n) is 17.4. The standard InChI is InChI=1S/C22H25F2N5O2/c1-22(31,11-19(25)30)10-15-9-18(24)20(16-12-27-29(2)13-16)28-21(15)26-7-6-14-4-3-5-17(23)8-14/h3-5,8-9,12-13,31H,6-7,10-11H2,1-2H3,(H2,25,30)(H,26,28). The molecule has 3 aromatic rings. The predicted octanol–water partition coefficient (Wildman–Crippen LogP) is 2.58. The number of rotatable bonds is 9. The minimum absolute atomic E-state index is 0.0323. The number of anilines is 1. The molecule has 1 amide bonds. The van der Waals surface area contributed by atoms with Crippen molar-refractivity contribution >= 4 is 11.7 Å². The van der Waals surface area contributed by atoms with Crippen molar-refractivity contribution in [3.05, 3.63) is 65.5 Å². The molecule has 0 fully saturated rings. The maximum Gasteiger partial charge on any atom is 0.220 e. The molecule has 2 aromatic heterocycles. The Labute approximate surface area is 178 Å². The normalized spacial score (nSPS) is 13.1. The summed E-state index contributed by atoms with van der Waals surface area (Å²) < 4.78 is 29.8. The summed E-state index contributed by atoms with van der Waals surface area (Å²) in [5.41, 5.74) is 5.56. The summed E-state index contributed by atoms with van der Waals surface area (Å²) in [5.74, 6) is -1.19. The lowest BCUT2D eigenvalue weighted by Gasteiger charge is -2.23. The number of carbonyl (C=O) groups is 1. The van der Waals surface area contributed by atoms with Gasteiger partial charge in [0.15, 0.2) is 0 Å². The van der Waals surface area contributed by atoms with Gasteiger partial charge >= 0.3 is 0 Å². The van der Waals surface area contributed by atoms with Crippen LogP contribution in [0, 0.1) is 11.6 Å². The van der Waals surface area contributed by atoms with Crippen molar-refractivity contribution in [2.75, 3.05) is 11.9 Å². The number of halogens is 2. The van der Waals surface area contributed by atoms with Crippen molar-refractivity contribution in [3.63, 3.8) is 0 Å². The molecule has 9 heteroatoms. The molecular weight excluding hydrogens is 404 g/mol. The van der Waals surface area contributed by atoms with Crippen molar-refractivity contribution in [2.24, 2.45) is 12.8 Å². The minimum atomic E-state index is -1.46. The number of aryl methyl sites for hydroxylation is 1. The number of aromatic nitrogens is 3. The predicted molar refractivity (Wildman–Crippen MR) is 113 cm³/mol. The molecule has 1 atom stereocenters. The number of nitrogens with two attached hydrogens (primary N) is 1. The highest BCUT2D eigenvalue weighted by Gasteiger charge is 2.26. The third-order valence-electron chi connectivity index (χ3n) is 4.75. The molecule has 0 aliphatic rings. The fraction of sp³-hybridized carbons (Fsp3) is 0.318. The van der Waals surface area contributed by atoms with Gasteiger partial charge in [0.25, 0.3) is 0 Å². The van der Waals surface area contributed by atoms with Crippen LogP contribution >= 0.6 is 0 Å². The monoisotopic (exact) mass is 429 g/mol. The van der Waals surface area contributed by atoms with Crippen LogP contribution in [0.2, 0.25) is 0 Å². The molecule has 0 aliphatic carbocycles. The SMILES string of the molecule is Cn1cc(-c2nc(NCCc3cccc(F)c3)c(CC(C)(O)CC(N)=O)cc2F)cn1. The molecule has 1 aromatic carbocycles. The van der Waals surface area contributed by atoms with E-state index in [4.69, 9.17) is 5.73 Å². The number of hydrogen-bond acceptors (Lipinski definition) is 5. The van der Waals surface area contributed by atoms with E-state index >= 15 is 0 Å². The second-order valence-electron chi connectivity index (χ2n) is 7.85. The first kappa shape index (κ1) is 22.4. The van der Waals surface area contributed by atoms with Crippen LogP contribution in [0.15, 0.2) is 42.7 Å². The minimum Gasteiger partial charge on any atom is -0.389 e. The highest BCUT2D eigenvalue weighted by molar-refractivity contribution is 5.75. The third kappa shape index (κ3) is 6.08. The number of carbonyl (C=O) groups excluding carboxylic acids is 1. The molecule has 1 unspecified atom stereocenters. The maximum atomic E-state index is 14.9. The van der Waals surface area contributed by atoms with E-state index in [1.54, 1.807) is 24.0 Å². The summed E-state index contributed by atoms with van der Waals surface area (Å²) in [4.78, 5) is 15.7. The molecule has 3 rings (SSSR count). The van der Waals surface area contributed by atoms with Crippen molar-refractivity contribution < 1.29 is 18.7 Å². The topological polar surface area (TPSA) is 106 Å². The number of hydrogen-bond donors (Lipinski definition) is 3. The lowest BCUT2D eigenvalue weighted by molar-refractivity contribution is -0.122. The quantitative estimate of drug-likeness (QED) is 0.485. The van der Waals surface area contributed by atoms with Gasteiger partial charge in [-0.1, -0.05) is 12.1 Å². The highest BCUT2D eigenvalue weighted by Crippen LogP contribution is 2.28. The lowest BCUT2D eigenvalue weighted by atomic mass is 9.92. The number of nitrogens with one attached hydrogen (secondary N) is 1. The smallest absolute Gasteiger partial charge is 0.220 e. The average molecular weight is 429 g/mol. The molecule has 0 radical (unpaired) electrons. The number of nitrogens with zero attached hydrogens (tertiary/aromatic N) is 3. The lowest BCUT2D eigenvalue weighted by Crippen LogP contribution is -2.33. The average Bonchev–Trinajstić information content (AvgIpc) is 3.08. The van der Waals surface area contributed by atoms with Crippen molar-refractivity contribution in [2.45, 2.75) is 31.8 Å². The van der Waals surface area contributed by atoms with Crippen LogP contribution in [0.5, 0.6) is 0 Å². The number of amides is 1. The van der Waals surface area contributed by atoms with E-state index in [0.717, 1.165) is 5.56 Å². The summed E-state index contributed by atoms with van der Waals surface area (Å²) >= 11 is 0. The zero-order chi connectivity index (χ0) is 22.6. The molecule has 0 saturated heterocycles. The van der Waals surface area contributed by atoms with Crippen LogP contribution in [0.3, 0.4) is 0 Å². The fourth-order valence-electron chi connectivity index (χ4n) is 3.43. The molecular formula is C22H25F2N5O2. The molecule has 0 spiro atoms. The summed E-state index contributed by atoms with van der Waals surface area (Å²) in [6.07, 6.45) is 3.35. The van der Waals surface area contributed by atoms with Crippen molar-refractivity contribution in [3.8, 4) is 11.3 Å². The molecule has 0 saturated carbocycles. The Morgan fingerprint density at radius 2 is 2.10 bits per heavy atom. The third-order valence-corrected chi connectivity index (χ3v) is 4.75. The Morgan fingerprint density at radius 1 is 1.32 bits per heavy atom. The van der Waals surface area contributed by atoms with Gasteiger partial charge in [-0.25, -0.2) is 13.8 Å². The van der Waals surface area contributed by atoms with Crippen molar-refractivity contribution in [1.82, 2.24) is 14.8 Å². The van der Waals surface area contributed by atoms with E-state index in [0.29, 0.717) is 29.9 Å². The zero-order valence-corrected chi connectivity index (χ0v) is 17.4. The van der Waals surface area contributed by atoms with Gasteiger partial charge in [-0.3, -0.25) is 9.48 Å². The van der Waals surface area contributed by atoms with Crippen molar-refractivity contribution in [1.29, 1.82) is 0 Å². The largest absolute Gasteiger partial charge is 0.389 e.